The highest BCUT2D eigenvalue weighted by Crippen LogP contribution is 2.03. The first-order valence-corrected chi connectivity index (χ1v) is 5.52. The van der Waals surface area contributed by atoms with Gasteiger partial charge in [0.05, 0.1) is 12.1 Å². The molecular formula is C10H22Cl2N4O2. The first-order valence-electron chi connectivity index (χ1n) is 5.52. The number of nitrogens with one attached hydrogen (secondary N) is 2. The van der Waals surface area contributed by atoms with Gasteiger partial charge in [0, 0.05) is 12.1 Å². The van der Waals surface area contributed by atoms with Crippen LogP contribution in [-0.2, 0) is 9.59 Å². The Hall–Kier alpha value is -0.560. The average Bonchev–Trinajstić information content (AvgIpc) is 2.58. The number of hydrogen-bond acceptors (Lipinski definition) is 4. The summed E-state index contributed by atoms with van der Waals surface area (Å²) in [5.41, 5.74) is 10.7. The number of nitrogens with two attached hydrogens (primary N) is 2. The van der Waals surface area contributed by atoms with Gasteiger partial charge in [-0.2, -0.15) is 0 Å². The van der Waals surface area contributed by atoms with E-state index in [0.29, 0.717) is 0 Å². The second kappa shape index (κ2) is 8.53. The summed E-state index contributed by atoms with van der Waals surface area (Å²) in [5.74, 6) is -0.0324. The van der Waals surface area contributed by atoms with Crippen molar-refractivity contribution in [1.29, 1.82) is 0 Å². The molecular weight excluding hydrogens is 279 g/mol. The number of carbonyl (C=O) groups is 2. The van der Waals surface area contributed by atoms with Crippen LogP contribution in [0, 0.1) is 0 Å². The Kier molecular flexibility index (Phi) is 9.37. The molecule has 2 aliphatic rings. The minimum atomic E-state index is -0.259. The zero-order chi connectivity index (χ0) is 12.3. The summed E-state index contributed by atoms with van der Waals surface area (Å²) in [7, 11) is 0. The monoisotopic (exact) mass is 300 g/mol. The van der Waals surface area contributed by atoms with Crippen LogP contribution in [0.15, 0.2) is 0 Å². The third-order valence-electron chi connectivity index (χ3n) is 2.67. The van der Waals surface area contributed by atoms with Gasteiger partial charge >= 0.3 is 0 Å². The van der Waals surface area contributed by atoms with Gasteiger partial charge in [0.1, 0.15) is 0 Å². The molecule has 0 aromatic heterocycles. The van der Waals surface area contributed by atoms with Crippen molar-refractivity contribution in [1.82, 2.24) is 10.6 Å². The van der Waals surface area contributed by atoms with Crippen molar-refractivity contribution in [2.24, 2.45) is 11.5 Å². The van der Waals surface area contributed by atoms with E-state index in [0.717, 1.165) is 12.8 Å². The summed E-state index contributed by atoms with van der Waals surface area (Å²) in [5, 5.41) is 5.41. The lowest BCUT2D eigenvalue weighted by atomic mass is 10.2. The van der Waals surface area contributed by atoms with Gasteiger partial charge in [-0.1, -0.05) is 0 Å². The number of carbonyl (C=O) groups excluding carboxylic acids is 2. The smallest absolute Gasteiger partial charge is 0.237 e. The van der Waals surface area contributed by atoms with Gasteiger partial charge in [0.2, 0.25) is 11.8 Å². The lowest BCUT2D eigenvalue weighted by molar-refractivity contribution is -0.121. The van der Waals surface area contributed by atoms with E-state index in [1.165, 1.54) is 0 Å². The molecule has 6 N–H and O–H groups in total. The topological polar surface area (TPSA) is 110 Å². The molecule has 0 radical (unpaired) electrons. The molecule has 2 amide bonds. The Balaban J connectivity index is 0. The van der Waals surface area contributed by atoms with Crippen LogP contribution < -0.4 is 22.1 Å². The van der Waals surface area contributed by atoms with Crippen molar-refractivity contribution in [3.63, 3.8) is 0 Å². The average molecular weight is 301 g/mol. The second-order valence-corrected chi connectivity index (χ2v) is 4.50. The quantitative estimate of drug-likeness (QED) is 0.473. The fraction of sp³-hybridized carbons (Fsp3) is 0.800. The summed E-state index contributed by atoms with van der Waals surface area (Å²) in [4.78, 5) is 21.1. The van der Waals surface area contributed by atoms with Crippen molar-refractivity contribution in [2.75, 3.05) is 0 Å². The molecule has 4 atom stereocenters. The van der Waals surface area contributed by atoms with Crippen molar-refractivity contribution in [3.8, 4) is 0 Å². The standard InChI is InChI=1S/2C5H10N2O.2ClH/c2*1-3-2-4(6)5(8)7-3;;/h2*3-4H,2,6H2,1H3,(H,7,8);2*1H/t3-,4+;3-,4-;;/m00../s1. The molecule has 108 valence electrons. The maximum Gasteiger partial charge on any atom is 0.237 e. The van der Waals surface area contributed by atoms with E-state index in [2.05, 4.69) is 10.6 Å². The van der Waals surface area contributed by atoms with Crippen LogP contribution in [0.25, 0.3) is 0 Å². The maximum absolute atomic E-state index is 10.5. The molecule has 18 heavy (non-hydrogen) atoms. The molecule has 0 bridgehead atoms. The van der Waals surface area contributed by atoms with E-state index in [1.54, 1.807) is 0 Å². The molecule has 8 heteroatoms. The van der Waals surface area contributed by atoms with E-state index in [1.807, 2.05) is 13.8 Å². The molecule has 0 aromatic carbocycles. The minimum absolute atomic E-state index is 0. The summed E-state index contributed by atoms with van der Waals surface area (Å²) >= 11 is 0. The van der Waals surface area contributed by atoms with Crippen LogP contribution in [0.1, 0.15) is 26.7 Å². The SMILES string of the molecule is C[C@H]1C[C@@H](N)C(=O)N1.C[C@H]1C[C@H](N)C(=O)N1.Cl.Cl. The summed E-state index contributed by atoms with van der Waals surface area (Å²) < 4.78 is 0. The lowest BCUT2D eigenvalue weighted by Gasteiger charge is -1.95. The molecule has 2 aliphatic heterocycles. The Morgan fingerprint density at radius 3 is 1.22 bits per heavy atom. The van der Waals surface area contributed by atoms with E-state index >= 15 is 0 Å². The zero-order valence-corrected chi connectivity index (χ0v) is 12.1. The van der Waals surface area contributed by atoms with E-state index in [4.69, 9.17) is 11.5 Å². The Morgan fingerprint density at radius 1 is 0.889 bits per heavy atom. The first-order chi connectivity index (χ1) is 7.40. The van der Waals surface area contributed by atoms with Crippen molar-refractivity contribution < 1.29 is 9.59 Å². The molecule has 0 saturated carbocycles. The van der Waals surface area contributed by atoms with Gasteiger partial charge in [0.25, 0.3) is 0 Å². The molecule has 6 nitrogen and oxygen atoms in total. The predicted molar refractivity (Wildman–Crippen MR) is 74.9 cm³/mol. The van der Waals surface area contributed by atoms with Crippen molar-refractivity contribution >= 4 is 36.6 Å². The first kappa shape index (κ1) is 19.8. The molecule has 2 fully saturated rings. The maximum atomic E-state index is 10.5. The van der Waals surface area contributed by atoms with Crippen LogP contribution in [0.2, 0.25) is 0 Å². The molecule has 0 spiro atoms. The highest BCUT2D eigenvalue weighted by molar-refractivity contribution is 5.86. The number of amides is 2. The van der Waals surface area contributed by atoms with Crippen molar-refractivity contribution in [3.05, 3.63) is 0 Å². The van der Waals surface area contributed by atoms with Crippen LogP contribution in [0.3, 0.4) is 0 Å². The van der Waals surface area contributed by atoms with Gasteiger partial charge in [-0.05, 0) is 26.7 Å². The molecule has 2 rings (SSSR count). The van der Waals surface area contributed by atoms with Gasteiger partial charge in [-0.3, -0.25) is 9.59 Å². The second-order valence-electron chi connectivity index (χ2n) is 4.50. The van der Waals surface area contributed by atoms with Gasteiger partial charge in [-0.15, -0.1) is 24.8 Å². The summed E-state index contributed by atoms with van der Waals surface area (Å²) in [6.45, 7) is 3.90. The highest BCUT2D eigenvalue weighted by atomic mass is 35.5. The lowest BCUT2D eigenvalue weighted by Crippen LogP contribution is -2.30. The molecule has 0 aliphatic carbocycles. The third-order valence-corrected chi connectivity index (χ3v) is 2.67. The Morgan fingerprint density at radius 2 is 1.17 bits per heavy atom. The molecule has 0 unspecified atom stereocenters. The van der Waals surface area contributed by atoms with Gasteiger partial charge in [0.15, 0.2) is 0 Å². The Labute approximate surface area is 119 Å². The predicted octanol–water partition coefficient (Wildman–Crippen LogP) is -0.712. The summed E-state index contributed by atoms with van der Waals surface area (Å²) in [6.07, 6.45) is 1.55. The zero-order valence-electron chi connectivity index (χ0n) is 10.5. The summed E-state index contributed by atoms with van der Waals surface area (Å²) in [6, 6.07) is 0.0324. The molecule has 2 heterocycles. The third kappa shape index (κ3) is 5.86. The highest BCUT2D eigenvalue weighted by Gasteiger charge is 2.25. The molecule has 2 saturated heterocycles. The number of hydrogen-bond donors (Lipinski definition) is 4. The largest absolute Gasteiger partial charge is 0.352 e. The number of rotatable bonds is 0. The van der Waals surface area contributed by atoms with Crippen LogP contribution in [0.5, 0.6) is 0 Å². The van der Waals surface area contributed by atoms with Gasteiger partial charge < -0.3 is 22.1 Å². The van der Waals surface area contributed by atoms with Crippen LogP contribution in [-0.4, -0.2) is 36.0 Å². The minimum Gasteiger partial charge on any atom is -0.352 e. The normalized spacial score (nSPS) is 33.3. The fourth-order valence-electron chi connectivity index (χ4n) is 1.79. The van der Waals surface area contributed by atoms with E-state index in [9.17, 15) is 9.59 Å². The van der Waals surface area contributed by atoms with Crippen LogP contribution >= 0.6 is 24.8 Å². The molecule has 0 aromatic rings. The van der Waals surface area contributed by atoms with Gasteiger partial charge in [-0.25, -0.2) is 0 Å². The fourth-order valence-corrected chi connectivity index (χ4v) is 1.79. The van der Waals surface area contributed by atoms with Crippen LogP contribution in [0.4, 0.5) is 0 Å². The Bertz CT molecular complexity index is 263. The van der Waals surface area contributed by atoms with E-state index in [-0.39, 0.29) is 60.8 Å². The number of halogens is 2. The van der Waals surface area contributed by atoms with E-state index < -0.39 is 0 Å². The van der Waals surface area contributed by atoms with Crippen molar-refractivity contribution in [2.45, 2.75) is 50.9 Å².